The van der Waals surface area contributed by atoms with Crippen LogP contribution in [-0.2, 0) is 0 Å². The minimum Gasteiger partial charge on any atom is -0.389 e. The first-order chi connectivity index (χ1) is 5.43. The Balaban J connectivity index is 2.51. The van der Waals surface area contributed by atoms with Gasteiger partial charge in [-0.25, -0.2) is 0 Å². The van der Waals surface area contributed by atoms with E-state index in [-0.39, 0.29) is 0 Å². The maximum absolute atomic E-state index is 3.33. The summed E-state index contributed by atoms with van der Waals surface area (Å²) in [6.45, 7) is 3.14. The molecule has 1 nitrogen and oxygen atoms in total. The van der Waals surface area contributed by atoms with Gasteiger partial charge in [0, 0.05) is 12.2 Å². The smallest absolute Gasteiger partial charge is 0.0115 e. The van der Waals surface area contributed by atoms with Crippen LogP contribution in [0.5, 0.6) is 0 Å². The number of nitrogens with one attached hydrogen (secondary N) is 1. The van der Waals surface area contributed by atoms with Crippen LogP contribution < -0.4 is 5.32 Å². The fourth-order valence-electron chi connectivity index (χ4n) is 1.11. The normalized spacial score (nSPS) is 17.0. The van der Waals surface area contributed by atoms with Crippen LogP contribution in [0.3, 0.4) is 0 Å². The Hall–Kier alpha value is -0.980. The molecule has 1 aliphatic carbocycles. The summed E-state index contributed by atoms with van der Waals surface area (Å²) in [6.07, 6.45) is 12.9. The van der Waals surface area contributed by atoms with Crippen LogP contribution in [0.15, 0.2) is 36.1 Å². The van der Waals surface area contributed by atoms with Crippen LogP contribution in [0.4, 0.5) is 0 Å². The van der Waals surface area contributed by atoms with Crippen LogP contribution in [0.2, 0.25) is 0 Å². The first kappa shape index (κ1) is 8.12. The minimum atomic E-state index is 1.02. The Morgan fingerprint density at radius 2 is 2.27 bits per heavy atom. The van der Waals surface area contributed by atoms with E-state index in [4.69, 9.17) is 0 Å². The second-order valence-electron chi connectivity index (χ2n) is 2.57. The van der Waals surface area contributed by atoms with Gasteiger partial charge in [-0.05, 0) is 25.8 Å². The zero-order valence-corrected chi connectivity index (χ0v) is 7.01. The number of hydrogen-bond acceptors (Lipinski definition) is 1. The second kappa shape index (κ2) is 4.78. The van der Waals surface area contributed by atoms with E-state index in [1.165, 1.54) is 5.70 Å². The van der Waals surface area contributed by atoms with Crippen LogP contribution in [-0.4, -0.2) is 6.54 Å². The summed E-state index contributed by atoms with van der Waals surface area (Å²) >= 11 is 0. The molecule has 1 heteroatoms. The lowest BCUT2D eigenvalue weighted by atomic mass is 10.2. The van der Waals surface area contributed by atoms with Gasteiger partial charge in [0.1, 0.15) is 0 Å². The molecule has 0 saturated carbocycles. The molecular formula is C10H15N. The van der Waals surface area contributed by atoms with E-state index in [1.807, 2.05) is 0 Å². The van der Waals surface area contributed by atoms with Gasteiger partial charge in [0.2, 0.25) is 0 Å². The average Bonchev–Trinajstić information content (AvgIpc) is 1.94. The topological polar surface area (TPSA) is 12.0 Å². The quantitative estimate of drug-likeness (QED) is 0.635. The number of hydrogen-bond donors (Lipinski definition) is 1. The van der Waals surface area contributed by atoms with Gasteiger partial charge < -0.3 is 5.32 Å². The molecule has 0 amide bonds. The van der Waals surface area contributed by atoms with E-state index in [2.05, 4.69) is 42.6 Å². The molecule has 0 heterocycles. The molecule has 11 heavy (non-hydrogen) atoms. The van der Waals surface area contributed by atoms with E-state index in [0.717, 1.165) is 19.4 Å². The molecule has 1 N–H and O–H groups in total. The number of rotatable bonds is 2. The van der Waals surface area contributed by atoms with E-state index in [1.54, 1.807) is 0 Å². The highest BCUT2D eigenvalue weighted by atomic mass is 14.9. The average molecular weight is 149 g/mol. The van der Waals surface area contributed by atoms with Crippen molar-refractivity contribution in [1.82, 2.24) is 5.32 Å². The first-order valence-electron chi connectivity index (χ1n) is 4.19. The van der Waals surface area contributed by atoms with Gasteiger partial charge in [-0.3, -0.25) is 0 Å². The molecule has 1 aliphatic rings. The van der Waals surface area contributed by atoms with Crippen LogP contribution in [0, 0.1) is 0 Å². The second-order valence-corrected chi connectivity index (χ2v) is 2.57. The molecule has 0 spiro atoms. The molecular weight excluding hydrogens is 134 g/mol. The molecule has 1 rings (SSSR count). The van der Waals surface area contributed by atoms with Gasteiger partial charge in [-0.15, -0.1) is 0 Å². The summed E-state index contributed by atoms with van der Waals surface area (Å²) in [5.41, 5.74) is 1.34. The SMILES string of the molecule is CCNC1=CC=CC=CCC1. The van der Waals surface area contributed by atoms with Crippen molar-refractivity contribution < 1.29 is 0 Å². The van der Waals surface area contributed by atoms with Gasteiger partial charge in [-0.1, -0.05) is 24.3 Å². The lowest BCUT2D eigenvalue weighted by molar-refractivity contribution is 0.781. The molecule has 0 aromatic carbocycles. The zero-order chi connectivity index (χ0) is 7.94. The van der Waals surface area contributed by atoms with Gasteiger partial charge >= 0.3 is 0 Å². The van der Waals surface area contributed by atoms with Crippen molar-refractivity contribution in [3.05, 3.63) is 36.1 Å². The maximum atomic E-state index is 3.33. The van der Waals surface area contributed by atoms with Crippen molar-refractivity contribution in [1.29, 1.82) is 0 Å². The predicted octanol–water partition coefficient (Wildman–Crippen LogP) is 2.39. The highest BCUT2D eigenvalue weighted by molar-refractivity contribution is 5.18. The highest BCUT2D eigenvalue weighted by Gasteiger charge is 1.92. The Morgan fingerprint density at radius 1 is 1.36 bits per heavy atom. The van der Waals surface area contributed by atoms with E-state index < -0.39 is 0 Å². The summed E-state index contributed by atoms with van der Waals surface area (Å²) in [4.78, 5) is 0. The summed E-state index contributed by atoms with van der Waals surface area (Å²) in [5, 5.41) is 3.33. The van der Waals surface area contributed by atoms with Crippen molar-refractivity contribution >= 4 is 0 Å². The Labute approximate surface area is 68.5 Å². The first-order valence-corrected chi connectivity index (χ1v) is 4.19. The summed E-state index contributed by atoms with van der Waals surface area (Å²) in [7, 11) is 0. The highest BCUT2D eigenvalue weighted by Crippen LogP contribution is 2.05. The molecule has 0 radical (unpaired) electrons. The molecule has 0 saturated heterocycles. The Morgan fingerprint density at radius 3 is 3.09 bits per heavy atom. The van der Waals surface area contributed by atoms with Crippen molar-refractivity contribution in [2.45, 2.75) is 19.8 Å². The van der Waals surface area contributed by atoms with Crippen LogP contribution in [0.1, 0.15) is 19.8 Å². The van der Waals surface area contributed by atoms with Crippen molar-refractivity contribution in [2.24, 2.45) is 0 Å². The minimum absolute atomic E-state index is 1.02. The van der Waals surface area contributed by atoms with Gasteiger partial charge in [0.15, 0.2) is 0 Å². The molecule has 60 valence electrons. The lowest BCUT2D eigenvalue weighted by Gasteiger charge is -2.07. The van der Waals surface area contributed by atoms with Crippen molar-refractivity contribution in [3.8, 4) is 0 Å². The Bertz CT molecular complexity index is 187. The fourth-order valence-corrected chi connectivity index (χ4v) is 1.11. The standard InChI is InChI=1S/C10H15N/c1-2-11-10-8-6-4-3-5-7-9-10/h3-6,8,11H,2,7,9H2,1H3. The third-order valence-corrected chi connectivity index (χ3v) is 1.64. The van der Waals surface area contributed by atoms with E-state index in [0.29, 0.717) is 0 Å². The fraction of sp³-hybridized carbons (Fsp3) is 0.400. The van der Waals surface area contributed by atoms with Gasteiger partial charge in [0.25, 0.3) is 0 Å². The van der Waals surface area contributed by atoms with Gasteiger partial charge in [0.05, 0.1) is 0 Å². The Kier molecular flexibility index (Phi) is 3.53. The third kappa shape index (κ3) is 3.08. The molecule has 0 bridgehead atoms. The lowest BCUT2D eigenvalue weighted by Crippen LogP contribution is -2.11. The number of allylic oxidation sites excluding steroid dienone is 6. The van der Waals surface area contributed by atoms with Crippen molar-refractivity contribution in [3.63, 3.8) is 0 Å². The molecule has 0 atom stereocenters. The summed E-state index contributed by atoms with van der Waals surface area (Å²) in [5.74, 6) is 0. The third-order valence-electron chi connectivity index (χ3n) is 1.64. The summed E-state index contributed by atoms with van der Waals surface area (Å²) < 4.78 is 0. The zero-order valence-electron chi connectivity index (χ0n) is 7.01. The van der Waals surface area contributed by atoms with Crippen molar-refractivity contribution in [2.75, 3.05) is 6.54 Å². The van der Waals surface area contributed by atoms with Gasteiger partial charge in [-0.2, -0.15) is 0 Å². The monoisotopic (exact) mass is 149 g/mol. The molecule has 0 aliphatic heterocycles. The maximum Gasteiger partial charge on any atom is 0.0115 e. The largest absolute Gasteiger partial charge is 0.389 e. The summed E-state index contributed by atoms with van der Waals surface area (Å²) in [6, 6.07) is 0. The molecule has 0 unspecified atom stereocenters. The van der Waals surface area contributed by atoms with E-state index >= 15 is 0 Å². The molecule has 0 aromatic heterocycles. The van der Waals surface area contributed by atoms with Crippen LogP contribution >= 0.6 is 0 Å². The van der Waals surface area contributed by atoms with Crippen LogP contribution in [0.25, 0.3) is 0 Å². The molecule has 0 aromatic rings. The van der Waals surface area contributed by atoms with E-state index in [9.17, 15) is 0 Å². The molecule has 0 fully saturated rings. The predicted molar refractivity (Wildman–Crippen MR) is 49.3 cm³/mol.